The van der Waals surface area contributed by atoms with Gasteiger partial charge in [-0.25, -0.2) is 0 Å². The van der Waals surface area contributed by atoms with E-state index >= 15 is 0 Å². The van der Waals surface area contributed by atoms with Crippen molar-refractivity contribution in [1.82, 2.24) is 0 Å². The van der Waals surface area contributed by atoms with Gasteiger partial charge in [-0.05, 0) is 49.2 Å². The van der Waals surface area contributed by atoms with Gasteiger partial charge >= 0.3 is 0 Å². The third kappa shape index (κ3) is 2.24. The maximum Gasteiger partial charge on any atom is 0.170 e. The maximum atomic E-state index is 5.88. The molecule has 0 saturated carbocycles. The van der Waals surface area contributed by atoms with E-state index < -0.39 is 0 Å². The minimum absolute atomic E-state index is 0.0363. The smallest absolute Gasteiger partial charge is 0.170 e. The Morgan fingerprint density at radius 3 is 1.45 bits per heavy atom. The molecule has 2 aromatic carbocycles. The third-order valence-electron chi connectivity index (χ3n) is 3.43. The van der Waals surface area contributed by atoms with Gasteiger partial charge in [-0.15, -0.1) is 0 Å². The Morgan fingerprint density at radius 2 is 1.10 bits per heavy atom. The lowest BCUT2D eigenvalue weighted by Crippen LogP contribution is -2.08. The molecule has 0 aromatic heterocycles. The number of rotatable bonds is 2. The van der Waals surface area contributed by atoms with Crippen LogP contribution in [0.3, 0.4) is 0 Å². The molecule has 1 heterocycles. The second-order valence-electron chi connectivity index (χ2n) is 5.19. The normalized spacial score (nSPS) is 15.4. The fraction of sp³-hybridized carbons (Fsp3) is 0.250. The van der Waals surface area contributed by atoms with Crippen LogP contribution in [0.1, 0.15) is 37.1 Å². The predicted octanol–water partition coefficient (Wildman–Crippen LogP) is 3.62. The van der Waals surface area contributed by atoms with Crippen LogP contribution in [0.2, 0.25) is 0 Å². The maximum absolute atomic E-state index is 5.88. The molecule has 0 spiro atoms. The average molecular weight is 270 g/mol. The molecule has 3 rings (SSSR count). The average Bonchev–Trinajstić information content (AvgIpc) is 2.43. The first-order valence-electron chi connectivity index (χ1n) is 6.69. The predicted molar refractivity (Wildman–Crippen MR) is 78.2 cm³/mol. The molecule has 2 aromatic rings. The Hall–Kier alpha value is -2.04. The zero-order valence-corrected chi connectivity index (χ0v) is 11.6. The minimum atomic E-state index is -0.0363. The summed E-state index contributed by atoms with van der Waals surface area (Å²) in [5, 5.41) is 0. The summed E-state index contributed by atoms with van der Waals surface area (Å²) in [5.41, 5.74) is 13.8. The molecule has 0 bridgehead atoms. The summed E-state index contributed by atoms with van der Waals surface area (Å²) in [6.45, 7) is 3.88. The fourth-order valence-corrected chi connectivity index (χ4v) is 2.18. The molecule has 4 heteroatoms. The van der Waals surface area contributed by atoms with E-state index in [1.54, 1.807) is 0 Å². The second kappa shape index (κ2) is 4.81. The molecular formula is C16H18N2O2. The van der Waals surface area contributed by atoms with Crippen LogP contribution in [0.15, 0.2) is 36.4 Å². The lowest BCUT2D eigenvalue weighted by Gasteiger charge is -2.22. The molecular weight excluding hydrogens is 252 g/mol. The summed E-state index contributed by atoms with van der Waals surface area (Å²) in [6.07, 6.45) is 0. The Labute approximate surface area is 118 Å². The molecule has 2 atom stereocenters. The number of fused-ring (bicyclic) bond motifs is 2. The van der Waals surface area contributed by atoms with E-state index in [0.29, 0.717) is 23.0 Å². The van der Waals surface area contributed by atoms with Gasteiger partial charge in [-0.3, -0.25) is 0 Å². The number of nitrogens with two attached hydrogens (primary N) is 2. The van der Waals surface area contributed by atoms with Crippen molar-refractivity contribution in [2.75, 3.05) is 0 Å². The molecule has 0 aliphatic carbocycles. The molecule has 1 aliphatic heterocycles. The van der Waals surface area contributed by atoms with Crippen LogP contribution in [-0.2, 0) is 0 Å². The highest BCUT2D eigenvalue weighted by atomic mass is 16.6. The van der Waals surface area contributed by atoms with E-state index in [1.165, 1.54) is 0 Å². The topological polar surface area (TPSA) is 70.5 Å². The molecule has 4 nitrogen and oxygen atoms in total. The van der Waals surface area contributed by atoms with Crippen molar-refractivity contribution < 1.29 is 9.47 Å². The highest BCUT2D eigenvalue weighted by Gasteiger charge is 2.20. The summed E-state index contributed by atoms with van der Waals surface area (Å²) in [4.78, 5) is 0. The first-order chi connectivity index (χ1) is 9.54. The van der Waals surface area contributed by atoms with Crippen molar-refractivity contribution in [2.24, 2.45) is 11.5 Å². The van der Waals surface area contributed by atoms with E-state index in [-0.39, 0.29) is 12.1 Å². The van der Waals surface area contributed by atoms with Gasteiger partial charge in [0.2, 0.25) is 0 Å². The van der Waals surface area contributed by atoms with Gasteiger partial charge in [0.25, 0.3) is 0 Å². The van der Waals surface area contributed by atoms with Gasteiger partial charge < -0.3 is 20.9 Å². The monoisotopic (exact) mass is 270 g/mol. The SMILES string of the molecule is CC(N)c1ccc2c(c1)Oc1ccc(C(C)N)cc1O2. The van der Waals surface area contributed by atoms with Crippen molar-refractivity contribution in [2.45, 2.75) is 25.9 Å². The third-order valence-corrected chi connectivity index (χ3v) is 3.43. The number of hydrogen-bond donors (Lipinski definition) is 2. The van der Waals surface area contributed by atoms with Gasteiger partial charge in [-0.1, -0.05) is 12.1 Å². The van der Waals surface area contributed by atoms with Crippen LogP contribution < -0.4 is 20.9 Å². The Bertz CT molecular complexity index is 593. The fourth-order valence-electron chi connectivity index (χ4n) is 2.18. The molecule has 0 saturated heterocycles. The van der Waals surface area contributed by atoms with E-state index in [2.05, 4.69) is 0 Å². The van der Waals surface area contributed by atoms with Crippen molar-refractivity contribution in [3.8, 4) is 23.0 Å². The van der Waals surface area contributed by atoms with Crippen molar-refractivity contribution in [3.63, 3.8) is 0 Å². The highest BCUT2D eigenvalue weighted by molar-refractivity contribution is 5.56. The summed E-state index contributed by atoms with van der Waals surface area (Å²) >= 11 is 0. The zero-order valence-electron chi connectivity index (χ0n) is 11.6. The Morgan fingerprint density at radius 1 is 0.700 bits per heavy atom. The van der Waals surface area contributed by atoms with Crippen LogP contribution in [0.4, 0.5) is 0 Å². The van der Waals surface area contributed by atoms with E-state index in [4.69, 9.17) is 20.9 Å². The molecule has 104 valence electrons. The van der Waals surface area contributed by atoms with E-state index in [1.807, 2.05) is 50.2 Å². The summed E-state index contributed by atoms with van der Waals surface area (Å²) in [5.74, 6) is 2.79. The first-order valence-corrected chi connectivity index (χ1v) is 6.69. The molecule has 0 fully saturated rings. The van der Waals surface area contributed by atoms with Crippen LogP contribution in [0, 0.1) is 0 Å². The lowest BCUT2D eigenvalue weighted by molar-refractivity contribution is 0.358. The summed E-state index contributed by atoms with van der Waals surface area (Å²) < 4.78 is 11.8. The van der Waals surface area contributed by atoms with Gasteiger partial charge in [0, 0.05) is 12.1 Å². The van der Waals surface area contributed by atoms with Crippen molar-refractivity contribution in [3.05, 3.63) is 47.5 Å². The standard InChI is InChI=1S/C16H18N2O2/c1-9(17)11-3-5-13-15(7-11)19-14-6-4-12(10(2)18)8-16(14)20-13/h3-10H,17-18H2,1-2H3. The minimum Gasteiger partial charge on any atom is -0.450 e. The molecule has 2 unspecified atom stereocenters. The van der Waals surface area contributed by atoms with Gasteiger partial charge in [-0.2, -0.15) is 0 Å². The molecule has 20 heavy (non-hydrogen) atoms. The summed E-state index contributed by atoms with van der Waals surface area (Å²) in [6, 6.07) is 11.4. The van der Waals surface area contributed by atoms with E-state index in [0.717, 1.165) is 11.1 Å². The molecule has 0 amide bonds. The quantitative estimate of drug-likeness (QED) is 0.746. The zero-order chi connectivity index (χ0) is 14.3. The molecule has 1 aliphatic rings. The van der Waals surface area contributed by atoms with Crippen LogP contribution >= 0.6 is 0 Å². The summed E-state index contributed by atoms with van der Waals surface area (Å²) in [7, 11) is 0. The van der Waals surface area contributed by atoms with Crippen molar-refractivity contribution >= 4 is 0 Å². The molecule has 4 N–H and O–H groups in total. The second-order valence-corrected chi connectivity index (χ2v) is 5.19. The highest BCUT2D eigenvalue weighted by Crippen LogP contribution is 2.46. The largest absolute Gasteiger partial charge is 0.450 e. The van der Waals surface area contributed by atoms with Gasteiger partial charge in [0.1, 0.15) is 0 Å². The number of ether oxygens (including phenoxy) is 2. The van der Waals surface area contributed by atoms with Crippen molar-refractivity contribution in [1.29, 1.82) is 0 Å². The van der Waals surface area contributed by atoms with Crippen LogP contribution in [0.5, 0.6) is 23.0 Å². The number of benzene rings is 2. The molecule has 0 radical (unpaired) electrons. The lowest BCUT2D eigenvalue weighted by atomic mass is 10.1. The Balaban J connectivity index is 1.97. The van der Waals surface area contributed by atoms with E-state index in [9.17, 15) is 0 Å². The van der Waals surface area contributed by atoms with Crippen LogP contribution in [-0.4, -0.2) is 0 Å². The first kappa shape index (κ1) is 13.0. The van der Waals surface area contributed by atoms with Gasteiger partial charge in [0.05, 0.1) is 0 Å². The Kier molecular flexibility index (Phi) is 3.12. The van der Waals surface area contributed by atoms with Crippen LogP contribution in [0.25, 0.3) is 0 Å². The van der Waals surface area contributed by atoms with Gasteiger partial charge in [0.15, 0.2) is 23.0 Å². The number of hydrogen-bond acceptors (Lipinski definition) is 4.